The molecule has 0 aliphatic carbocycles. The number of rotatable bonds is 5. The predicted molar refractivity (Wildman–Crippen MR) is 68.5 cm³/mol. The number of piperidine rings is 1. The molecule has 2 heterocycles. The van der Waals surface area contributed by atoms with Gasteiger partial charge in [-0.1, -0.05) is 11.6 Å². The van der Waals surface area contributed by atoms with Gasteiger partial charge in [-0.2, -0.15) is 0 Å². The first-order valence-electron chi connectivity index (χ1n) is 6.69. The number of aryl methyl sites for hydroxylation is 1. The third-order valence-corrected chi connectivity index (χ3v) is 3.25. The number of hydrogen-bond acceptors (Lipinski definition) is 4. The Morgan fingerprint density at radius 2 is 2.22 bits per heavy atom. The Morgan fingerprint density at radius 1 is 1.44 bits per heavy atom. The van der Waals surface area contributed by atoms with Gasteiger partial charge in [-0.15, -0.1) is 0 Å². The van der Waals surface area contributed by atoms with Crippen molar-refractivity contribution in [1.29, 1.82) is 0 Å². The fourth-order valence-corrected chi connectivity index (χ4v) is 2.25. The summed E-state index contributed by atoms with van der Waals surface area (Å²) in [5, 5.41) is 6.55. The number of hydrogen-bond donors (Lipinski definition) is 1. The molecular formula is C13H21N3O2. The van der Waals surface area contributed by atoms with E-state index in [1.165, 1.54) is 32.4 Å². The fraction of sp³-hybridized carbons (Fsp3) is 0.692. The predicted octanol–water partition coefficient (Wildman–Crippen LogP) is 1.59. The third kappa shape index (κ3) is 3.84. The molecule has 0 aromatic carbocycles. The maximum atomic E-state index is 11.7. The molecule has 1 aliphatic heterocycles. The van der Waals surface area contributed by atoms with E-state index in [1.807, 2.05) is 0 Å². The van der Waals surface area contributed by atoms with Crippen LogP contribution in [0.5, 0.6) is 0 Å². The monoisotopic (exact) mass is 251 g/mol. The smallest absolute Gasteiger partial charge is 0.273 e. The van der Waals surface area contributed by atoms with Crippen LogP contribution >= 0.6 is 0 Å². The van der Waals surface area contributed by atoms with Crippen molar-refractivity contribution in [3.8, 4) is 0 Å². The molecule has 0 atom stereocenters. The van der Waals surface area contributed by atoms with Gasteiger partial charge in [0.15, 0.2) is 5.69 Å². The van der Waals surface area contributed by atoms with Gasteiger partial charge >= 0.3 is 0 Å². The van der Waals surface area contributed by atoms with Crippen molar-refractivity contribution in [3.05, 3.63) is 17.5 Å². The second kappa shape index (κ2) is 6.54. The van der Waals surface area contributed by atoms with Gasteiger partial charge in [0.2, 0.25) is 0 Å². The number of carbonyl (C=O) groups excluding carboxylic acids is 1. The first-order chi connectivity index (χ1) is 8.75. The molecule has 2 rings (SSSR count). The van der Waals surface area contributed by atoms with Gasteiger partial charge in [0, 0.05) is 12.6 Å². The average molecular weight is 251 g/mol. The highest BCUT2D eigenvalue weighted by atomic mass is 16.5. The molecule has 1 N–H and O–H groups in total. The topological polar surface area (TPSA) is 58.4 Å². The summed E-state index contributed by atoms with van der Waals surface area (Å²) in [6.45, 7) is 5.95. The van der Waals surface area contributed by atoms with Gasteiger partial charge in [0.05, 0.1) is 0 Å². The molecule has 0 radical (unpaired) electrons. The van der Waals surface area contributed by atoms with Crippen molar-refractivity contribution in [3.63, 3.8) is 0 Å². The van der Waals surface area contributed by atoms with Crippen molar-refractivity contribution in [2.75, 3.05) is 26.2 Å². The van der Waals surface area contributed by atoms with Crippen LogP contribution in [-0.2, 0) is 0 Å². The lowest BCUT2D eigenvalue weighted by Crippen LogP contribution is -2.33. The molecular weight excluding hydrogens is 230 g/mol. The Hall–Kier alpha value is -1.36. The molecule has 1 amide bonds. The number of aromatic nitrogens is 1. The van der Waals surface area contributed by atoms with Crippen molar-refractivity contribution in [1.82, 2.24) is 15.4 Å². The van der Waals surface area contributed by atoms with Crippen LogP contribution in [0.25, 0.3) is 0 Å². The van der Waals surface area contributed by atoms with Crippen LogP contribution in [0.2, 0.25) is 0 Å². The number of carbonyl (C=O) groups is 1. The van der Waals surface area contributed by atoms with Crippen LogP contribution in [0.4, 0.5) is 0 Å². The highest BCUT2D eigenvalue weighted by Crippen LogP contribution is 2.08. The SMILES string of the molecule is Cc1cc(C(=O)NCCCN2CCCCC2)no1. The minimum Gasteiger partial charge on any atom is -0.361 e. The average Bonchev–Trinajstić information content (AvgIpc) is 2.82. The second-order valence-corrected chi connectivity index (χ2v) is 4.83. The Labute approximate surface area is 108 Å². The van der Waals surface area contributed by atoms with Crippen LogP contribution in [0, 0.1) is 6.92 Å². The van der Waals surface area contributed by atoms with Crippen LogP contribution in [0.1, 0.15) is 41.9 Å². The van der Waals surface area contributed by atoms with Crippen molar-refractivity contribution < 1.29 is 9.32 Å². The van der Waals surface area contributed by atoms with Crippen LogP contribution < -0.4 is 5.32 Å². The van der Waals surface area contributed by atoms with Gasteiger partial charge in [-0.05, 0) is 45.8 Å². The number of amides is 1. The van der Waals surface area contributed by atoms with E-state index in [1.54, 1.807) is 13.0 Å². The summed E-state index contributed by atoms with van der Waals surface area (Å²) in [4.78, 5) is 14.1. The summed E-state index contributed by atoms with van der Waals surface area (Å²) < 4.78 is 4.87. The highest BCUT2D eigenvalue weighted by molar-refractivity contribution is 5.92. The molecule has 5 nitrogen and oxygen atoms in total. The zero-order valence-electron chi connectivity index (χ0n) is 10.9. The second-order valence-electron chi connectivity index (χ2n) is 4.83. The van der Waals surface area contributed by atoms with E-state index < -0.39 is 0 Å². The van der Waals surface area contributed by atoms with E-state index in [2.05, 4.69) is 15.4 Å². The van der Waals surface area contributed by atoms with E-state index in [-0.39, 0.29) is 5.91 Å². The molecule has 0 spiro atoms. The van der Waals surface area contributed by atoms with E-state index >= 15 is 0 Å². The molecule has 18 heavy (non-hydrogen) atoms. The van der Waals surface area contributed by atoms with Gasteiger partial charge in [0.1, 0.15) is 5.76 Å². The zero-order chi connectivity index (χ0) is 12.8. The summed E-state index contributed by atoms with van der Waals surface area (Å²) in [6.07, 6.45) is 4.97. The van der Waals surface area contributed by atoms with Gasteiger partial charge < -0.3 is 14.7 Å². The minimum atomic E-state index is -0.148. The highest BCUT2D eigenvalue weighted by Gasteiger charge is 2.11. The van der Waals surface area contributed by atoms with Crippen LogP contribution in [0.3, 0.4) is 0 Å². The fourth-order valence-electron chi connectivity index (χ4n) is 2.25. The quantitative estimate of drug-likeness (QED) is 0.807. The lowest BCUT2D eigenvalue weighted by molar-refractivity contribution is 0.0942. The minimum absolute atomic E-state index is 0.148. The van der Waals surface area contributed by atoms with E-state index in [9.17, 15) is 4.79 Å². The van der Waals surface area contributed by atoms with E-state index in [0.29, 0.717) is 18.0 Å². The zero-order valence-corrected chi connectivity index (χ0v) is 10.9. The van der Waals surface area contributed by atoms with Gasteiger partial charge in [-0.25, -0.2) is 0 Å². The number of nitrogens with zero attached hydrogens (tertiary/aromatic N) is 2. The van der Waals surface area contributed by atoms with Crippen molar-refractivity contribution in [2.45, 2.75) is 32.6 Å². The lowest BCUT2D eigenvalue weighted by atomic mass is 10.1. The normalized spacial score (nSPS) is 16.7. The summed E-state index contributed by atoms with van der Waals surface area (Å²) in [6, 6.07) is 1.65. The van der Waals surface area contributed by atoms with Crippen LogP contribution in [0.15, 0.2) is 10.6 Å². The molecule has 100 valence electrons. The Balaban J connectivity index is 1.61. The molecule has 1 aliphatic rings. The number of likely N-dealkylation sites (tertiary alicyclic amines) is 1. The Kier molecular flexibility index (Phi) is 4.75. The summed E-state index contributed by atoms with van der Waals surface area (Å²) >= 11 is 0. The van der Waals surface area contributed by atoms with E-state index in [0.717, 1.165) is 13.0 Å². The maximum Gasteiger partial charge on any atom is 0.273 e. The molecule has 0 bridgehead atoms. The molecule has 0 unspecified atom stereocenters. The number of nitrogens with one attached hydrogen (secondary N) is 1. The summed E-state index contributed by atoms with van der Waals surface area (Å²) in [5.41, 5.74) is 0.366. The first-order valence-corrected chi connectivity index (χ1v) is 6.69. The maximum absolute atomic E-state index is 11.7. The van der Waals surface area contributed by atoms with Crippen molar-refractivity contribution in [2.24, 2.45) is 0 Å². The summed E-state index contributed by atoms with van der Waals surface area (Å²) in [5.74, 6) is 0.513. The largest absolute Gasteiger partial charge is 0.361 e. The Bertz CT molecular complexity index is 383. The van der Waals surface area contributed by atoms with E-state index in [4.69, 9.17) is 4.52 Å². The molecule has 1 fully saturated rings. The standard InChI is InChI=1S/C13H21N3O2/c1-11-10-12(15-18-11)13(17)14-6-5-9-16-7-3-2-4-8-16/h10H,2-9H2,1H3,(H,14,17). The summed E-state index contributed by atoms with van der Waals surface area (Å²) in [7, 11) is 0. The van der Waals surface area contributed by atoms with Gasteiger partial charge in [-0.3, -0.25) is 4.79 Å². The molecule has 0 saturated carbocycles. The first kappa shape index (κ1) is 13.1. The van der Waals surface area contributed by atoms with Gasteiger partial charge in [0.25, 0.3) is 5.91 Å². The van der Waals surface area contributed by atoms with Crippen LogP contribution in [-0.4, -0.2) is 42.1 Å². The molecule has 1 aromatic rings. The third-order valence-electron chi connectivity index (χ3n) is 3.25. The Morgan fingerprint density at radius 3 is 2.89 bits per heavy atom. The lowest BCUT2D eigenvalue weighted by Gasteiger charge is -2.26. The molecule has 1 aromatic heterocycles. The molecule has 1 saturated heterocycles. The molecule has 5 heteroatoms. The van der Waals surface area contributed by atoms with Crippen molar-refractivity contribution >= 4 is 5.91 Å².